The van der Waals surface area contributed by atoms with Crippen molar-refractivity contribution in [1.82, 2.24) is 0 Å². The van der Waals surface area contributed by atoms with Gasteiger partial charge in [0.2, 0.25) is 15.9 Å². The summed E-state index contributed by atoms with van der Waals surface area (Å²) in [6.45, 7) is 0.0298. The average Bonchev–Trinajstić information content (AvgIpc) is 2.57. The molecule has 0 heterocycles. The summed E-state index contributed by atoms with van der Waals surface area (Å²) in [5, 5.41) is 2.93. The van der Waals surface area contributed by atoms with Crippen molar-refractivity contribution in [3.63, 3.8) is 0 Å². The predicted molar refractivity (Wildman–Crippen MR) is 103 cm³/mol. The van der Waals surface area contributed by atoms with Gasteiger partial charge in [0.25, 0.3) is 0 Å². The van der Waals surface area contributed by atoms with E-state index in [4.69, 9.17) is 23.2 Å². The van der Waals surface area contributed by atoms with Gasteiger partial charge in [-0.2, -0.15) is 0 Å². The zero-order valence-corrected chi connectivity index (χ0v) is 16.5. The van der Waals surface area contributed by atoms with E-state index in [0.29, 0.717) is 10.7 Å². The maximum Gasteiger partial charge on any atom is 0.232 e. The van der Waals surface area contributed by atoms with Crippen LogP contribution in [0.3, 0.4) is 0 Å². The minimum absolute atomic E-state index is 0.0215. The van der Waals surface area contributed by atoms with Crippen LogP contribution in [0.1, 0.15) is 12.8 Å². The fourth-order valence-electron chi connectivity index (χ4n) is 2.31. The van der Waals surface area contributed by atoms with Gasteiger partial charge in [0, 0.05) is 24.7 Å². The average molecular weight is 437 g/mol. The lowest BCUT2D eigenvalue weighted by Gasteiger charge is -2.22. The summed E-state index contributed by atoms with van der Waals surface area (Å²) in [6, 6.07) is 7.41. The number of halogens is 4. The Morgan fingerprint density at radius 1 is 1.07 bits per heavy atom. The Morgan fingerprint density at radius 2 is 1.78 bits per heavy atom. The quantitative estimate of drug-likeness (QED) is 0.696. The Bertz CT molecular complexity index is 955. The number of amides is 1. The summed E-state index contributed by atoms with van der Waals surface area (Å²) in [5.41, 5.74) is 0.441. The zero-order valence-electron chi connectivity index (χ0n) is 14.2. The monoisotopic (exact) mass is 436 g/mol. The highest BCUT2D eigenvalue weighted by molar-refractivity contribution is 7.92. The lowest BCUT2D eigenvalue weighted by molar-refractivity contribution is -0.116. The molecule has 5 nitrogen and oxygen atoms in total. The number of anilines is 2. The normalized spacial score (nSPS) is 11.3. The summed E-state index contributed by atoms with van der Waals surface area (Å²) in [7, 11) is -3.61. The van der Waals surface area contributed by atoms with Crippen molar-refractivity contribution in [2.45, 2.75) is 12.8 Å². The number of rotatable bonds is 7. The number of benzene rings is 2. The molecule has 0 saturated carbocycles. The minimum Gasteiger partial charge on any atom is -0.326 e. The van der Waals surface area contributed by atoms with Crippen LogP contribution in [-0.2, 0) is 14.8 Å². The standard InChI is InChI=1S/C17H16Cl2F2N2O3S/c1-27(25,26)23(12-5-6-13(18)14(19)10-12)8-2-3-17(24)22-11-4-7-15(20)16(21)9-11/h4-7,9-10H,2-3,8H2,1H3,(H,22,24). The fourth-order valence-corrected chi connectivity index (χ4v) is 3.56. The van der Waals surface area contributed by atoms with Gasteiger partial charge in [-0.25, -0.2) is 17.2 Å². The van der Waals surface area contributed by atoms with Crippen LogP contribution in [-0.4, -0.2) is 27.1 Å². The van der Waals surface area contributed by atoms with E-state index in [0.717, 1.165) is 22.7 Å². The van der Waals surface area contributed by atoms with E-state index < -0.39 is 27.6 Å². The third kappa shape index (κ3) is 6.05. The SMILES string of the molecule is CS(=O)(=O)N(CCCC(=O)Nc1ccc(F)c(F)c1)c1ccc(Cl)c(Cl)c1. The second-order valence-electron chi connectivity index (χ2n) is 5.71. The van der Waals surface area contributed by atoms with E-state index in [1.807, 2.05) is 0 Å². The first-order valence-electron chi connectivity index (χ1n) is 7.75. The summed E-state index contributed by atoms with van der Waals surface area (Å²) < 4.78 is 51.2. The first-order valence-corrected chi connectivity index (χ1v) is 10.4. The van der Waals surface area contributed by atoms with Crippen molar-refractivity contribution in [2.75, 3.05) is 22.4 Å². The van der Waals surface area contributed by atoms with Crippen LogP contribution in [0.25, 0.3) is 0 Å². The highest BCUT2D eigenvalue weighted by atomic mass is 35.5. The topological polar surface area (TPSA) is 66.5 Å². The number of carbonyl (C=O) groups is 1. The molecule has 10 heteroatoms. The van der Waals surface area contributed by atoms with Crippen molar-refractivity contribution >= 4 is 50.5 Å². The predicted octanol–water partition coefficient (Wildman–Crippen LogP) is 4.46. The zero-order chi connectivity index (χ0) is 20.2. The largest absolute Gasteiger partial charge is 0.326 e. The van der Waals surface area contributed by atoms with E-state index in [1.54, 1.807) is 0 Å². The number of hydrogen-bond acceptors (Lipinski definition) is 3. The number of nitrogens with one attached hydrogen (secondary N) is 1. The molecule has 0 aliphatic rings. The van der Waals surface area contributed by atoms with Crippen LogP contribution in [0.4, 0.5) is 20.2 Å². The maximum atomic E-state index is 13.1. The van der Waals surface area contributed by atoms with Gasteiger partial charge in [-0.1, -0.05) is 23.2 Å². The number of nitrogens with zero attached hydrogens (tertiary/aromatic N) is 1. The van der Waals surface area contributed by atoms with Crippen molar-refractivity contribution in [3.8, 4) is 0 Å². The van der Waals surface area contributed by atoms with Crippen LogP contribution < -0.4 is 9.62 Å². The number of carbonyl (C=O) groups excluding carboxylic acids is 1. The van der Waals surface area contributed by atoms with Crippen LogP contribution in [0.5, 0.6) is 0 Å². The highest BCUT2D eigenvalue weighted by Crippen LogP contribution is 2.28. The van der Waals surface area contributed by atoms with Gasteiger partial charge in [-0.3, -0.25) is 9.10 Å². The van der Waals surface area contributed by atoms with E-state index in [2.05, 4.69) is 5.32 Å². The second-order valence-corrected chi connectivity index (χ2v) is 8.44. The molecular weight excluding hydrogens is 421 g/mol. The molecule has 0 spiro atoms. The molecule has 1 N–H and O–H groups in total. The fraction of sp³-hybridized carbons (Fsp3) is 0.235. The number of sulfonamides is 1. The smallest absolute Gasteiger partial charge is 0.232 e. The molecule has 0 saturated heterocycles. The molecule has 27 heavy (non-hydrogen) atoms. The molecule has 0 fully saturated rings. The Balaban J connectivity index is 1.99. The van der Waals surface area contributed by atoms with Gasteiger partial charge < -0.3 is 5.32 Å². The van der Waals surface area contributed by atoms with Crippen molar-refractivity contribution < 1.29 is 22.0 Å². The number of hydrogen-bond donors (Lipinski definition) is 1. The van der Waals surface area contributed by atoms with E-state index in [9.17, 15) is 22.0 Å². The second kappa shape index (κ2) is 8.86. The molecule has 0 radical (unpaired) electrons. The third-order valence-corrected chi connectivity index (χ3v) is 5.49. The van der Waals surface area contributed by atoms with Crippen molar-refractivity contribution in [3.05, 3.63) is 58.1 Å². The summed E-state index contributed by atoms with van der Waals surface area (Å²) >= 11 is 11.8. The highest BCUT2D eigenvalue weighted by Gasteiger charge is 2.18. The first kappa shape index (κ1) is 21.4. The molecule has 2 aromatic rings. The van der Waals surface area contributed by atoms with Gasteiger partial charge in [-0.15, -0.1) is 0 Å². The molecule has 0 aliphatic carbocycles. The van der Waals surface area contributed by atoms with E-state index in [1.165, 1.54) is 24.3 Å². The van der Waals surface area contributed by atoms with Gasteiger partial charge in [0.1, 0.15) is 0 Å². The third-order valence-electron chi connectivity index (χ3n) is 3.56. The molecule has 146 valence electrons. The molecule has 0 atom stereocenters. The molecule has 0 aliphatic heterocycles. The van der Waals surface area contributed by atoms with Gasteiger partial charge in [-0.05, 0) is 36.8 Å². The molecule has 2 rings (SSSR count). The van der Waals surface area contributed by atoms with Gasteiger partial charge in [0.15, 0.2) is 11.6 Å². The van der Waals surface area contributed by atoms with E-state index >= 15 is 0 Å². The van der Waals surface area contributed by atoms with Crippen LogP contribution in [0, 0.1) is 11.6 Å². The maximum absolute atomic E-state index is 13.1. The lowest BCUT2D eigenvalue weighted by Crippen LogP contribution is -2.31. The summed E-state index contributed by atoms with van der Waals surface area (Å²) in [6.07, 6.45) is 1.21. The van der Waals surface area contributed by atoms with Crippen LogP contribution in [0.2, 0.25) is 10.0 Å². The van der Waals surface area contributed by atoms with Crippen LogP contribution >= 0.6 is 23.2 Å². The Morgan fingerprint density at radius 3 is 2.37 bits per heavy atom. The molecular formula is C17H16Cl2F2N2O3S. The Labute approximate surface area is 165 Å². The lowest BCUT2D eigenvalue weighted by atomic mass is 10.2. The van der Waals surface area contributed by atoms with Crippen molar-refractivity contribution in [2.24, 2.45) is 0 Å². The molecule has 0 aromatic heterocycles. The van der Waals surface area contributed by atoms with Crippen molar-refractivity contribution in [1.29, 1.82) is 0 Å². The van der Waals surface area contributed by atoms with E-state index in [-0.39, 0.29) is 30.1 Å². The molecule has 1 amide bonds. The molecule has 0 unspecified atom stereocenters. The minimum atomic E-state index is -3.61. The molecule has 0 bridgehead atoms. The van der Waals surface area contributed by atoms with Crippen LogP contribution in [0.15, 0.2) is 36.4 Å². The summed E-state index contributed by atoms with van der Waals surface area (Å²) in [4.78, 5) is 11.9. The first-order chi connectivity index (χ1) is 12.6. The van der Waals surface area contributed by atoms with Gasteiger partial charge >= 0.3 is 0 Å². The molecule has 2 aromatic carbocycles. The Hall–Kier alpha value is -1.90. The Kier molecular flexibility index (Phi) is 7.02. The van der Waals surface area contributed by atoms with Gasteiger partial charge in [0.05, 0.1) is 22.0 Å². The summed E-state index contributed by atoms with van der Waals surface area (Å²) in [5.74, 6) is -2.54.